The molecule has 0 aromatic heterocycles. The highest BCUT2D eigenvalue weighted by molar-refractivity contribution is 5.86. The molecular formula is C10H15F3N2O5. The molecule has 0 spiro atoms. The van der Waals surface area contributed by atoms with Crippen molar-refractivity contribution in [2.24, 2.45) is 0 Å². The van der Waals surface area contributed by atoms with Crippen LogP contribution >= 0.6 is 0 Å². The summed E-state index contributed by atoms with van der Waals surface area (Å²) in [5, 5.41) is 10.6. The van der Waals surface area contributed by atoms with Gasteiger partial charge in [-0.05, 0) is 6.92 Å². The van der Waals surface area contributed by atoms with Crippen molar-refractivity contribution in [3.63, 3.8) is 0 Å². The van der Waals surface area contributed by atoms with Crippen molar-refractivity contribution >= 4 is 18.0 Å². The standard InChI is InChI=1S/C10H15F3N2O5/c1-3-15(5-10(11,12)13)9(19)14-6(8(17)18)4-7(16)20-2/h6H,3-5H2,1-2H3,(H,14,19)(H,17,18)/t6-/m0/s1. The zero-order chi connectivity index (χ0) is 15.9. The number of carboxylic acid groups (broad SMARTS) is 1. The minimum atomic E-state index is -4.60. The normalized spacial score (nSPS) is 12.4. The summed E-state index contributed by atoms with van der Waals surface area (Å²) < 4.78 is 40.8. The van der Waals surface area contributed by atoms with Crippen molar-refractivity contribution < 1.29 is 37.4 Å². The number of alkyl halides is 3. The molecule has 2 N–H and O–H groups in total. The van der Waals surface area contributed by atoms with Crippen LogP contribution in [0, 0.1) is 0 Å². The monoisotopic (exact) mass is 300 g/mol. The second-order valence-electron chi connectivity index (χ2n) is 3.75. The Hall–Kier alpha value is -2.00. The van der Waals surface area contributed by atoms with Gasteiger partial charge in [0.15, 0.2) is 0 Å². The van der Waals surface area contributed by atoms with Crippen LogP contribution in [0.5, 0.6) is 0 Å². The van der Waals surface area contributed by atoms with Gasteiger partial charge in [-0.2, -0.15) is 13.2 Å². The molecule has 0 bridgehead atoms. The number of ether oxygens (including phenoxy) is 1. The van der Waals surface area contributed by atoms with Gasteiger partial charge in [-0.15, -0.1) is 0 Å². The summed E-state index contributed by atoms with van der Waals surface area (Å²) in [6.07, 6.45) is -5.28. The molecule has 10 heteroatoms. The molecule has 0 saturated heterocycles. The Kier molecular flexibility index (Phi) is 6.80. The van der Waals surface area contributed by atoms with Gasteiger partial charge in [-0.25, -0.2) is 9.59 Å². The molecule has 20 heavy (non-hydrogen) atoms. The highest BCUT2D eigenvalue weighted by Gasteiger charge is 2.34. The first-order chi connectivity index (χ1) is 9.10. The Labute approximate surface area is 112 Å². The molecule has 0 saturated carbocycles. The zero-order valence-electron chi connectivity index (χ0n) is 10.9. The fourth-order valence-electron chi connectivity index (χ4n) is 1.23. The lowest BCUT2D eigenvalue weighted by molar-refractivity contribution is -0.148. The predicted octanol–water partition coefficient (Wildman–Crippen LogP) is 0.597. The summed E-state index contributed by atoms with van der Waals surface area (Å²) >= 11 is 0. The molecule has 116 valence electrons. The number of esters is 1. The average molecular weight is 300 g/mol. The fraction of sp³-hybridized carbons (Fsp3) is 0.700. The highest BCUT2D eigenvalue weighted by atomic mass is 19.4. The second-order valence-corrected chi connectivity index (χ2v) is 3.75. The van der Waals surface area contributed by atoms with Crippen molar-refractivity contribution in [1.82, 2.24) is 10.2 Å². The average Bonchev–Trinajstić information content (AvgIpc) is 2.33. The van der Waals surface area contributed by atoms with E-state index in [2.05, 4.69) is 4.74 Å². The van der Waals surface area contributed by atoms with E-state index < -0.39 is 43.2 Å². The quantitative estimate of drug-likeness (QED) is 0.700. The van der Waals surface area contributed by atoms with E-state index in [1.807, 2.05) is 5.32 Å². The first-order valence-corrected chi connectivity index (χ1v) is 5.52. The summed E-state index contributed by atoms with van der Waals surface area (Å²) in [4.78, 5) is 33.7. The smallest absolute Gasteiger partial charge is 0.406 e. The van der Waals surface area contributed by atoms with Gasteiger partial charge in [0.05, 0.1) is 13.5 Å². The molecule has 0 aliphatic rings. The van der Waals surface area contributed by atoms with Crippen molar-refractivity contribution in [3.05, 3.63) is 0 Å². The number of aliphatic carboxylic acids is 1. The SMILES string of the molecule is CCN(CC(F)(F)F)C(=O)N[C@@H](CC(=O)OC)C(=O)O. The summed E-state index contributed by atoms with van der Waals surface area (Å²) in [7, 11) is 1.02. The zero-order valence-corrected chi connectivity index (χ0v) is 10.9. The van der Waals surface area contributed by atoms with Crippen LogP contribution < -0.4 is 5.32 Å². The molecule has 2 amide bonds. The van der Waals surface area contributed by atoms with Gasteiger partial charge in [0, 0.05) is 6.54 Å². The molecule has 0 radical (unpaired) electrons. The molecule has 0 fully saturated rings. The third kappa shape index (κ3) is 6.81. The van der Waals surface area contributed by atoms with E-state index in [-0.39, 0.29) is 6.54 Å². The first kappa shape index (κ1) is 18.0. The van der Waals surface area contributed by atoms with Gasteiger partial charge in [-0.3, -0.25) is 4.79 Å². The number of nitrogens with one attached hydrogen (secondary N) is 1. The third-order valence-electron chi connectivity index (χ3n) is 2.23. The van der Waals surface area contributed by atoms with Gasteiger partial charge in [0.1, 0.15) is 12.6 Å². The van der Waals surface area contributed by atoms with Crippen LogP contribution in [0.3, 0.4) is 0 Å². The van der Waals surface area contributed by atoms with E-state index in [9.17, 15) is 27.6 Å². The molecular weight excluding hydrogens is 285 g/mol. The number of amides is 2. The van der Waals surface area contributed by atoms with E-state index in [4.69, 9.17) is 5.11 Å². The number of rotatable bonds is 6. The molecule has 7 nitrogen and oxygen atoms in total. The van der Waals surface area contributed by atoms with E-state index >= 15 is 0 Å². The maximum atomic E-state index is 12.2. The van der Waals surface area contributed by atoms with Crippen LogP contribution in [0.15, 0.2) is 0 Å². The van der Waals surface area contributed by atoms with Gasteiger partial charge in [-0.1, -0.05) is 0 Å². The fourth-order valence-corrected chi connectivity index (χ4v) is 1.23. The number of methoxy groups -OCH3 is 1. The Morgan fingerprint density at radius 1 is 1.35 bits per heavy atom. The van der Waals surface area contributed by atoms with Crippen molar-refractivity contribution in [2.75, 3.05) is 20.2 Å². The van der Waals surface area contributed by atoms with Crippen LogP contribution in [-0.4, -0.2) is 60.4 Å². The number of hydrogen-bond donors (Lipinski definition) is 2. The molecule has 0 unspecified atom stereocenters. The molecule has 0 heterocycles. The number of halogens is 3. The van der Waals surface area contributed by atoms with E-state index in [0.29, 0.717) is 4.90 Å². The lowest BCUT2D eigenvalue weighted by Gasteiger charge is -2.24. The molecule has 0 rings (SSSR count). The molecule has 0 aliphatic heterocycles. The van der Waals surface area contributed by atoms with Crippen LogP contribution in [0.25, 0.3) is 0 Å². The number of nitrogens with zero attached hydrogens (tertiary/aromatic N) is 1. The third-order valence-corrected chi connectivity index (χ3v) is 2.23. The van der Waals surface area contributed by atoms with Crippen LogP contribution in [0.1, 0.15) is 13.3 Å². The van der Waals surface area contributed by atoms with Gasteiger partial charge in [0.2, 0.25) is 0 Å². The highest BCUT2D eigenvalue weighted by Crippen LogP contribution is 2.16. The number of carbonyl (C=O) groups excluding carboxylic acids is 2. The maximum Gasteiger partial charge on any atom is 0.406 e. The largest absolute Gasteiger partial charge is 0.480 e. The Morgan fingerprint density at radius 2 is 1.90 bits per heavy atom. The van der Waals surface area contributed by atoms with Gasteiger partial charge < -0.3 is 20.1 Å². The Bertz CT molecular complexity index is 372. The van der Waals surface area contributed by atoms with E-state index in [1.54, 1.807) is 0 Å². The number of carboxylic acids is 1. The van der Waals surface area contributed by atoms with Crippen LogP contribution in [-0.2, 0) is 14.3 Å². The maximum absolute atomic E-state index is 12.2. The van der Waals surface area contributed by atoms with Gasteiger partial charge >= 0.3 is 24.1 Å². The predicted molar refractivity (Wildman–Crippen MR) is 59.9 cm³/mol. The van der Waals surface area contributed by atoms with E-state index in [1.165, 1.54) is 6.92 Å². The first-order valence-electron chi connectivity index (χ1n) is 5.52. The summed E-state index contributed by atoms with van der Waals surface area (Å²) in [6, 6.07) is -2.88. The lowest BCUT2D eigenvalue weighted by Crippen LogP contribution is -2.50. The van der Waals surface area contributed by atoms with Crippen molar-refractivity contribution in [1.29, 1.82) is 0 Å². The minimum absolute atomic E-state index is 0.268. The minimum Gasteiger partial charge on any atom is -0.480 e. The second kappa shape index (κ2) is 7.56. The van der Waals surface area contributed by atoms with Crippen LogP contribution in [0.2, 0.25) is 0 Å². The van der Waals surface area contributed by atoms with Crippen molar-refractivity contribution in [2.45, 2.75) is 25.6 Å². The molecule has 0 aromatic carbocycles. The van der Waals surface area contributed by atoms with Crippen molar-refractivity contribution in [3.8, 4) is 0 Å². The molecule has 1 atom stereocenters. The lowest BCUT2D eigenvalue weighted by atomic mass is 10.2. The topological polar surface area (TPSA) is 95.9 Å². The summed E-state index contributed by atoms with van der Waals surface area (Å²) in [6.45, 7) is -0.475. The number of urea groups is 1. The molecule has 0 aliphatic carbocycles. The van der Waals surface area contributed by atoms with E-state index in [0.717, 1.165) is 7.11 Å². The number of hydrogen-bond acceptors (Lipinski definition) is 4. The Balaban J connectivity index is 4.72. The number of carbonyl (C=O) groups is 3. The van der Waals surface area contributed by atoms with Gasteiger partial charge in [0.25, 0.3) is 0 Å². The summed E-state index contributed by atoms with van der Waals surface area (Å²) in [5.41, 5.74) is 0. The summed E-state index contributed by atoms with van der Waals surface area (Å²) in [5.74, 6) is -2.46. The molecule has 0 aromatic rings. The Morgan fingerprint density at radius 3 is 2.25 bits per heavy atom. The van der Waals surface area contributed by atoms with Crippen LogP contribution in [0.4, 0.5) is 18.0 Å².